The van der Waals surface area contributed by atoms with Crippen molar-refractivity contribution in [1.82, 2.24) is 4.90 Å². The smallest absolute Gasteiger partial charge is 0.254 e. The number of carbonyl (C=O) groups is 1. The van der Waals surface area contributed by atoms with Crippen LogP contribution in [0, 0.1) is 0 Å². The molecule has 86 valence electrons. The standard InChI is InChI=1S/C13H18N2O/c1-10(14)6-8-15-9-7-11-4-2-3-5-12(11)13(15)16/h2-5,10H,6-9,14H2,1H3. The fourth-order valence-electron chi connectivity index (χ4n) is 2.05. The molecule has 0 aliphatic carbocycles. The van der Waals surface area contributed by atoms with E-state index in [0.717, 1.165) is 31.5 Å². The lowest BCUT2D eigenvalue weighted by molar-refractivity contribution is 0.0736. The molecular weight excluding hydrogens is 200 g/mol. The van der Waals surface area contributed by atoms with E-state index in [1.54, 1.807) is 0 Å². The van der Waals surface area contributed by atoms with Gasteiger partial charge in [-0.2, -0.15) is 0 Å². The number of nitrogens with two attached hydrogens (primary N) is 1. The number of hydrogen-bond donors (Lipinski definition) is 1. The van der Waals surface area contributed by atoms with Crippen LogP contribution >= 0.6 is 0 Å². The van der Waals surface area contributed by atoms with Gasteiger partial charge in [-0.15, -0.1) is 0 Å². The predicted octanol–water partition coefficient (Wildman–Crippen LogP) is 1.42. The Morgan fingerprint density at radius 2 is 2.19 bits per heavy atom. The van der Waals surface area contributed by atoms with Crippen LogP contribution in [0.15, 0.2) is 24.3 Å². The Kier molecular flexibility index (Phi) is 3.25. The molecule has 16 heavy (non-hydrogen) atoms. The third-order valence-corrected chi connectivity index (χ3v) is 3.04. The molecule has 0 saturated heterocycles. The highest BCUT2D eigenvalue weighted by Crippen LogP contribution is 2.18. The lowest BCUT2D eigenvalue weighted by Crippen LogP contribution is -2.39. The molecule has 1 atom stereocenters. The molecule has 1 aromatic carbocycles. The van der Waals surface area contributed by atoms with Gasteiger partial charge in [0.25, 0.3) is 5.91 Å². The maximum atomic E-state index is 12.1. The van der Waals surface area contributed by atoms with Crippen molar-refractivity contribution < 1.29 is 4.79 Å². The van der Waals surface area contributed by atoms with Crippen LogP contribution in [-0.2, 0) is 6.42 Å². The number of benzene rings is 1. The van der Waals surface area contributed by atoms with E-state index in [-0.39, 0.29) is 11.9 Å². The van der Waals surface area contributed by atoms with Crippen molar-refractivity contribution in [2.45, 2.75) is 25.8 Å². The van der Waals surface area contributed by atoms with Gasteiger partial charge in [0.05, 0.1) is 0 Å². The van der Waals surface area contributed by atoms with Gasteiger partial charge >= 0.3 is 0 Å². The number of amides is 1. The molecule has 0 fully saturated rings. The first-order valence-electron chi connectivity index (χ1n) is 5.81. The first-order chi connectivity index (χ1) is 7.68. The molecule has 1 aliphatic heterocycles. The second kappa shape index (κ2) is 4.66. The lowest BCUT2D eigenvalue weighted by Gasteiger charge is -2.29. The lowest BCUT2D eigenvalue weighted by atomic mass is 9.99. The average Bonchev–Trinajstić information content (AvgIpc) is 2.28. The van der Waals surface area contributed by atoms with Crippen molar-refractivity contribution in [3.05, 3.63) is 35.4 Å². The Balaban J connectivity index is 2.09. The summed E-state index contributed by atoms with van der Waals surface area (Å²) in [5.74, 6) is 0.155. The molecule has 1 amide bonds. The van der Waals surface area contributed by atoms with Gasteiger partial charge in [0.1, 0.15) is 0 Å². The van der Waals surface area contributed by atoms with Gasteiger partial charge in [0.2, 0.25) is 0 Å². The molecule has 1 heterocycles. The zero-order chi connectivity index (χ0) is 11.5. The molecule has 3 nitrogen and oxygen atoms in total. The first-order valence-corrected chi connectivity index (χ1v) is 5.81. The fraction of sp³-hybridized carbons (Fsp3) is 0.462. The fourth-order valence-corrected chi connectivity index (χ4v) is 2.05. The number of nitrogens with zero attached hydrogens (tertiary/aromatic N) is 1. The van der Waals surface area contributed by atoms with Crippen molar-refractivity contribution in [3.63, 3.8) is 0 Å². The van der Waals surface area contributed by atoms with E-state index < -0.39 is 0 Å². The summed E-state index contributed by atoms with van der Waals surface area (Å²) in [7, 11) is 0. The van der Waals surface area contributed by atoms with Gasteiger partial charge in [-0.05, 0) is 31.4 Å². The average molecular weight is 218 g/mol. The Labute approximate surface area is 96.2 Å². The van der Waals surface area contributed by atoms with Gasteiger partial charge in [0.15, 0.2) is 0 Å². The third kappa shape index (κ3) is 2.25. The van der Waals surface area contributed by atoms with Gasteiger partial charge in [0, 0.05) is 24.7 Å². The molecule has 0 radical (unpaired) electrons. The molecular formula is C13H18N2O. The summed E-state index contributed by atoms with van der Waals surface area (Å²) in [4.78, 5) is 14.0. The van der Waals surface area contributed by atoms with Crippen LogP contribution in [0.4, 0.5) is 0 Å². The monoisotopic (exact) mass is 218 g/mol. The summed E-state index contributed by atoms with van der Waals surface area (Å²) >= 11 is 0. The summed E-state index contributed by atoms with van der Waals surface area (Å²) in [6.45, 7) is 3.57. The zero-order valence-electron chi connectivity index (χ0n) is 9.65. The summed E-state index contributed by atoms with van der Waals surface area (Å²) < 4.78 is 0. The van der Waals surface area contributed by atoms with E-state index in [9.17, 15) is 4.79 Å². The molecule has 1 aromatic rings. The molecule has 3 heteroatoms. The Morgan fingerprint density at radius 3 is 2.94 bits per heavy atom. The molecule has 0 aromatic heterocycles. The molecule has 0 bridgehead atoms. The number of hydrogen-bond acceptors (Lipinski definition) is 2. The van der Waals surface area contributed by atoms with Crippen LogP contribution in [0.1, 0.15) is 29.3 Å². The minimum Gasteiger partial charge on any atom is -0.338 e. The molecule has 1 aliphatic rings. The highest BCUT2D eigenvalue weighted by molar-refractivity contribution is 5.96. The third-order valence-electron chi connectivity index (χ3n) is 3.04. The van der Waals surface area contributed by atoms with Crippen LogP contribution in [0.5, 0.6) is 0 Å². The van der Waals surface area contributed by atoms with Crippen LogP contribution in [0.3, 0.4) is 0 Å². The second-order valence-electron chi connectivity index (χ2n) is 4.47. The first kappa shape index (κ1) is 11.1. The molecule has 2 N–H and O–H groups in total. The van der Waals surface area contributed by atoms with Crippen LogP contribution in [0.25, 0.3) is 0 Å². The van der Waals surface area contributed by atoms with E-state index in [4.69, 9.17) is 5.73 Å². The topological polar surface area (TPSA) is 46.3 Å². The van der Waals surface area contributed by atoms with Crippen molar-refractivity contribution in [2.24, 2.45) is 5.73 Å². The van der Waals surface area contributed by atoms with E-state index in [1.165, 1.54) is 5.56 Å². The van der Waals surface area contributed by atoms with Crippen LogP contribution in [-0.4, -0.2) is 29.9 Å². The molecule has 0 spiro atoms. The van der Waals surface area contributed by atoms with E-state index in [0.29, 0.717) is 0 Å². The van der Waals surface area contributed by atoms with Crippen molar-refractivity contribution >= 4 is 5.91 Å². The maximum Gasteiger partial charge on any atom is 0.254 e. The van der Waals surface area contributed by atoms with E-state index >= 15 is 0 Å². The minimum atomic E-state index is 0.155. The van der Waals surface area contributed by atoms with Crippen molar-refractivity contribution in [2.75, 3.05) is 13.1 Å². The second-order valence-corrected chi connectivity index (χ2v) is 4.47. The largest absolute Gasteiger partial charge is 0.338 e. The van der Waals surface area contributed by atoms with Crippen LogP contribution < -0.4 is 5.73 Å². The minimum absolute atomic E-state index is 0.155. The van der Waals surface area contributed by atoms with Gasteiger partial charge in [-0.25, -0.2) is 0 Å². The maximum absolute atomic E-state index is 12.1. The quantitative estimate of drug-likeness (QED) is 0.834. The Morgan fingerprint density at radius 1 is 1.44 bits per heavy atom. The number of rotatable bonds is 3. The molecule has 1 unspecified atom stereocenters. The highest BCUT2D eigenvalue weighted by Gasteiger charge is 2.23. The Hall–Kier alpha value is -1.35. The SMILES string of the molecule is CC(N)CCN1CCc2ccccc2C1=O. The molecule has 2 rings (SSSR count). The van der Waals surface area contributed by atoms with Gasteiger partial charge in [-0.3, -0.25) is 4.79 Å². The van der Waals surface area contributed by atoms with E-state index in [1.807, 2.05) is 36.1 Å². The summed E-state index contributed by atoms with van der Waals surface area (Å²) in [5, 5.41) is 0. The normalized spacial score (nSPS) is 17.1. The zero-order valence-corrected chi connectivity index (χ0v) is 9.65. The predicted molar refractivity (Wildman–Crippen MR) is 64.3 cm³/mol. The van der Waals surface area contributed by atoms with Crippen LogP contribution in [0.2, 0.25) is 0 Å². The van der Waals surface area contributed by atoms with Gasteiger partial charge < -0.3 is 10.6 Å². The van der Waals surface area contributed by atoms with Gasteiger partial charge in [-0.1, -0.05) is 18.2 Å². The highest BCUT2D eigenvalue weighted by atomic mass is 16.2. The number of fused-ring (bicyclic) bond motifs is 1. The van der Waals surface area contributed by atoms with E-state index in [2.05, 4.69) is 0 Å². The Bertz CT molecular complexity index is 387. The summed E-state index contributed by atoms with van der Waals surface area (Å²) in [5.41, 5.74) is 7.74. The summed E-state index contributed by atoms with van der Waals surface area (Å²) in [6, 6.07) is 8.02. The summed E-state index contributed by atoms with van der Waals surface area (Å²) in [6.07, 6.45) is 1.83. The van der Waals surface area contributed by atoms with Crippen molar-refractivity contribution in [3.8, 4) is 0 Å². The van der Waals surface area contributed by atoms with Crippen molar-refractivity contribution in [1.29, 1.82) is 0 Å². The number of carbonyl (C=O) groups excluding carboxylic acids is 1. The molecule has 0 saturated carbocycles.